The number of alkyl halides is 1. The van der Waals surface area contributed by atoms with Crippen molar-refractivity contribution in [2.24, 2.45) is 0 Å². The summed E-state index contributed by atoms with van der Waals surface area (Å²) in [6.07, 6.45) is 1.24. The van der Waals surface area contributed by atoms with Gasteiger partial charge in [-0.3, -0.25) is 0 Å². The second-order valence-electron chi connectivity index (χ2n) is 2.70. The van der Waals surface area contributed by atoms with Crippen LogP contribution in [0.3, 0.4) is 0 Å². The molecular weight excluding hydrogens is 340 g/mol. The molecule has 2 nitrogen and oxygen atoms in total. The summed E-state index contributed by atoms with van der Waals surface area (Å²) in [5.74, 6) is 0.139. The van der Waals surface area contributed by atoms with Crippen LogP contribution in [0.1, 0.15) is 9.70 Å². The van der Waals surface area contributed by atoms with Crippen LogP contribution in [0.4, 0.5) is 0 Å². The van der Waals surface area contributed by atoms with E-state index < -0.39 is 9.84 Å². The molecule has 0 bridgehead atoms. The number of rotatable bonds is 3. The normalized spacial score (nSPS) is 14.4. The summed E-state index contributed by atoms with van der Waals surface area (Å²) in [7, 11) is -2.92. The molecule has 0 saturated heterocycles. The first kappa shape index (κ1) is 11.7. The monoisotopic (exact) mass is 346 g/mol. The van der Waals surface area contributed by atoms with Gasteiger partial charge in [-0.2, -0.15) is 0 Å². The van der Waals surface area contributed by atoms with Crippen LogP contribution in [0.15, 0.2) is 15.9 Å². The van der Waals surface area contributed by atoms with Crippen LogP contribution in [0, 0.1) is 0 Å². The predicted molar refractivity (Wildman–Crippen MR) is 63.4 cm³/mol. The van der Waals surface area contributed by atoms with Gasteiger partial charge in [0, 0.05) is 11.1 Å². The molecule has 1 unspecified atom stereocenters. The molecule has 1 aromatic rings. The maximum atomic E-state index is 11.0. The Hall–Kier alpha value is 0.610. The zero-order chi connectivity index (χ0) is 10.1. The molecule has 1 aromatic heterocycles. The molecule has 6 heteroatoms. The van der Waals surface area contributed by atoms with Crippen molar-refractivity contribution < 1.29 is 8.42 Å². The van der Waals surface area contributed by atoms with Crippen molar-refractivity contribution in [3.8, 4) is 0 Å². The van der Waals surface area contributed by atoms with E-state index in [9.17, 15) is 8.42 Å². The van der Waals surface area contributed by atoms with E-state index in [0.29, 0.717) is 0 Å². The highest BCUT2D eigenvalue weighted by Crippen LogP contribution is 2.32. The molecule has 0 aliphatic carbocycles. The lowest BCUT2D eigenvalue weighted by Crippen LogP contribution is -2.07. The lowest BCUT2D eigenvalue weighted by Gasteiger charge is -2.04. The minimum Gasteiger partial charge on any atom is -0.229 e. The zero-order valence-corrected chi connectivity index (χ0v) is 11.6. The molecule has 0 fully saturated rings. The van der Waals surface area contributed by atoms with Gasteiger partial charge in [0.25, 0.3) is 0 Å². The van der Waals surface area contributed by atoms with Gasteiger partial charge in [0.05, 0.1) is 14.4 Å². The van der Waals surface area contributed by atoms with Crippen molar-refractivity contribution in [1.82, 2.24) is 0 Å². The van der Waals surface area contributed by atoms with Crippen LogP contribution in [0.25, 0.3) is 0 Å². The Labute approximate surface area is 98.5 Å². The maximum absolute atomic E-state index is 11.0. The van der Waals surface area contributed by atoms with Crippen LogP contribution in [0.5, 0.6) is 0 Å². The average molecular weight is 348 g/mol. The Morgan fingerprint density at radius 1 is 1.54 bits per heavy atom. The summed E-state index contributed by atoms with van der Waals surface area (Å²) in [4.78, 5) is 0.927. The summed E-state index contributed by atoms with van der Waals surface area (Å²) in [5.41, 5.74) is 0. The molecule has 13 heavy (non-hydrogen) atoms. The van der Waals surface area contributed by atoms with Gasteiger partial charge in [-0.05, 0) is 28.1 Å². The van der Waals surface area contributed by atoms with E-state index in [0.717, 1.165) is 8.66 Å². The second-order valence-corrected chi connectivity index (χ2v) is 8.49. The van der Waals surface area contributed by atoms with E-state index in [-0.39, 0.29) is 10.6 Å². The van der Waals surface area contributed by atoms with E-state index in [4.69, 9.17) is 0 Å². The average Bonchev–Trinajstić information content (AvgIpc) is 2.31. The zero-order valence-electron chi connectivity index (χ0n) is 6.83. The molecule has 0 aromatic carbocycles. The van der Waals surface area contributed by atoms with Crippen molar-refractivity contribution in [2.45, 2.75) is 4.83 Å². The van der Waals surface area contributed by atoms with Gasteiger partial charge in [0.15, 0.2) is 0 Å². The van der Waals surface area contributed by atoms with Crippen molar-refractivity contribution in [1.29, 1.82) is 0 Å². The summed E-state index contributed by atoms with van der Waals surface area (Å²) in [6, 6.07) is 3.83. The Morgan fingerprint density at radius 2 is 2.15 bits per heavy atom. The molecule has 0 spiro atoms. The molecular formula is C7H8Br2O2S2. The van der Waals surface area contributed by atoms with Gasteiger partial charge >= 0.3 is 0 Å². The molecule has 1 atom stereocenters. The SMILES string of the molecule is CS(=O)(=O)CC(Br)c1ccc(Br)s1. The fraction of sp³-hybridized carbons (Fsp3) is 0.429. The first-order valence-electron chi connectivity index (χ1n) is 3.45. The van der Waals surface area contributed by atoms with Crippen LogP contribution >= 0.6 is 43.2 Å². The molecule has 0 radical (unpaired) electrons. The third kappa shape index (κ3) is 4.10. The molecule has 0 amide bonds. The predicted octanol–water partition coefficient (Wildman–Crippen LogP) is 2.99. The van der Waals surface area contributed by atoms with E-state index >= 15 is 0 Å². The number of thiophene rings is 1. The second kappa shape index (κ2) is 4.42. The molecule has 74 valence electrons. The number of sulfone groups is 1. The standard InChI is InChI=1S/C7H8Br2O2S2/c1-13(10,11)4-5(8)6-2-3-7(9)12-6/h2-3,5H,4H2,1H3. The molecule has 0 saturated carbocycles. The number of halogens is 2. The molecule has 1 heterocycles. The summed E-state index contributed by atoms with van der Waals surface area (Å²) >= 11 is 8.22. The minimum atomic E-state index is -2.92. The first-order valence-corrected chi connectivity index (χ1v) is 8.04. The number of hydrogen-bond acceptors (Lipinski definition) is 3. The maximum Gasteiger partial charge on any atom is 0.148 e. The minimum absolute atomic E-state index is 0.0983. The van der Waals surface area contributed by atoms with Crippen molar-refractivity contribution in [3.63, 3.8) is 0 Å². The van der Waals surface area contributed by atoms with Gasteiger partial charge in [-0.25, -0.2) is 8.42 Å². The van der Waals surface area contributed by atoms with Crippen molar-refractivity contribution >= 4 is 53.0 Å². The Kier molecular flexibility index (Phi) is 3.97. The topological polar surface area (TPSA) is 34.1 Å². The first-order chi connectivity index (χ1) is 5.88. The third-order valence-corrected chi connectivity index (χ3v) is 5.58. The van der Waals surface area contributed by atoms with Gasteiger partial charge in [-0.15, -0.1) is 11.3 Å². The smallest absolute Gasteiger partial charge is 0.148 e. The third-order valence-electron chi connectivity index (χ3n) is 1.35. The van der Waals surface area contributed by atoms with Gasteiger partial charge in [0.1, 0.15) is 9.84 Å². The fourth-order valence-corrected chi connectivity index (χ4v) is 4.94. The molecule has 0 N–H and O–H groups in total. The van der Waals surface area contributed by atoms with E-state index in [1.807, 2.05) is 12.1 Å². The Bertz CT molecular complexity index is 383. The molecule has 1 rings (SSSR count). The van der Waals surface area contributed by atoms with Crippen molar-refractivity contribution in [2.75, 3.05) is 12.0 Å². The van der Waals surface area contributed by atoms with E-state index in [1.54, 1.807) is 11.3 Å². The Balaban J connectivity index is 2.75. The largest absolute Gasteiger partial charge is 0.229 e. The summed E-state index contributed by atoms with van der Waals surface area (Å²) in [6.45, 7) is 0. The lowest BCUT2D eigenvalue weighted by atomic mass is 10.4. The molecule has 0 aliphatic rings. The van der Waals surface area contributed by atoms with Crippen LogP contribution in [0.2, 0.25) is 0 Å². The molecule has 0 aliphatic heterocycles. The Morgan fingerprint density at radius 3 is 2.54 bits per heavy atom. The van der Waals surface area contributed by atoms with Crippen molar-refractivity contribution in [3.05, 3.63) is 20.8 Å². The highest BCUT2D eigenvalue weighted by atomic mass is 79.9. The highest BCUT2D eigenvalue weighted by molar-refractivity contribution is 9.11. The lowest BCUT2D eigenvalue weighted by molar-refractivity contribution is 0.601. The van der Waals surface area contributed by atoms with Gasteiger partial charge < -0.3 is 0 Å². The van der Waals surface area contributed by atoms with E-state index in [2.05, 4.69) is 31.9 Å². The number of hydrogen-bond donors (Lipinski definition) is 0. The van der Waals surface area contributed by atoms with E-state index in [1.165, 1.54) is 6.26 Å². The summed E-state index contributed by atoms with van der Waals surface area (Å²) < 4.78 is 23.0. The van der Waals surface area contributed by atoms with Crippen LogP contribution in [-0.2, 0) is 9.84 Å². The van der Waals surface area contributed by atoms with Gasteiger partial charge in [-0.1, -0.05) is 15.9 Å². The van der Waals surface area contributed by atoms with Crippen LogP contribution in [-0.4, -0.2) is 20.4 Å². The van der Waals surface area contributed by atoms with Crippen LogP contribution < -0.4 is 0 Å². The summed E-state index contributed by atoms with van der Waals surface area (Å²) in [5, 5.41) is 0. The van der Waals surface area contributed by atoms with Gasteiger partial charge in [0.2, 0.25) is 0 Å². The highest BCUT2D eigenvalue weighted by Gasteiger charge is 2.15. The fourth-order valence-electron chi connectivity index (χ4n) is 0.845. The quantitative estimate of drug-likeness (QED) is 0.787.